The van der Waals surface area contributed by atoms with Gasteiger partial charge in [0.25, 0.3) is 5.56 Å². The molecule has 2 aromatic heterocycles. The maximum absolute atomic E-state index is 13.1. The fourth-order valence-corrected chi connectivity index (χ4v) is 4.07. The van der Waals surface area contributed by atoms with Crippen LogP contribution in [-0.4, -0.2) is 64.3 Å². The van der Waals surface area contributed by atoms with Crippen LogP contribution >= 0.6 is 0 Å². The van der Waals surface area contributed by atoms with E-state index in [-0.39, 0.29) is 23.9 Å². The van der Waals surface area contributed by atoms with Gasteiger partial charge in [0.05, 0.1) is 29.7 Å². The van der Waals surface area contributed by atoms with E-state index in [2.05, 4.69) is 15.0 Å². The Morgan fingerprint density at radius 2 is 1.82 bits per heavy atom. The second-order valence-electron chi connectivity index (χ2n) is 7.94. The highest BCUT2D eigenvalue weighted by molar-refractivity contribution is 5.89. The monoisotopic (exact) mass is 449 g/mol. The molecule has 0 radical (unpaired) electrons. The van der Waals surface area contributed by atoms with Gasteiger partial charge >= 0.3 is 5.97 Å². The van der Waals surface area contributed by atoms with Gasteiger partial charge < -0.3 is 14.5 Å². The summed E-state index contributed by atoms with van der Waals surface area (Å²) in [5, 5.41) is 5.64. The van der Waals surface area contributed by atoms with E-state index in [1.807, 2.05) is 29.2 Å². The minimum absolute atomic E-state index is 0.0150. The average Bonchev–Trinajstić information content (AvgIpc) is 3.09. The molecule has 1 aliphatic rings. The quantitative estimate of drug-likeness (QED) is 0.548. The van der Waals surface area contributed by atoms with Crippen molar-refractivity contribution in [2.75, 3.05) is 37.7 Å². The number of aromatic nitrogens is 3. The first-order valence-electron chi connectivity index (χ1n) is 11.1. The number of hydrogen-bond acceptors (Lipinski definition) is 7. The van der Waals surface area contributed by atoms with Crippen LogP contribution < -0.4 is 10.5 Å². The van der Waals surface area contributed by atoms with Crippen LogP contribution in [-0.2, 0) is 23.0 Å². The Labute approximate surface area is 191 Å². The molecule has 3 aromatic rings. The van der Waals surface area contributed by atoms with Crippen molar-refractivity contribution in [2.24, 2.45) is 7.05 Å². The lowest BCUT2D eigenvalue weighted by Gasteiger charge is -2.23. The molecule has 1 amide bonds. The molecule has 1 aliphatic heterocycles. The van der Waals surface area contributed by atoms with Crippen molar-refractivity contribution in [1.82, 2.24) is 19.7 Å². The summed E-state index contributed by atoms with van der Waals surface area (Å²) in [5.41, 5.74) is 0.855. The maximum Gasteiger partial charge on any atom is 0.339 e. The van der Waals surface area contributed by atoms with Gasteiger partial charge in [0.1, 0.15) is 5.82 Å². The third-order valence-corrected chi connectivity index (χ3v) is 5.78. The van der Waals surface area contributed by atoms with E-state index < -0.39 is 0 Å². The first-order chi connectivity index (χ1) is 16.0. The molecule has 0 spiro atoms. The molecule has 0 N–H and O–H groups in total. The molecular weight excluding hydrogens is 422 g/mol. The van der Waals surface area contributed by atoms with Crippen LogP contribution in [0.15, 0.2) is 47.4 Å². The highest BCUT2D eigenvalue weighted by Gasteiger charge is 2.22. The zero-order valence-corrected chi connectivity index (χ0v) is 18.9. The van der Waals surface area contributed by atoms with Crippen LogP contribution in [0.5, 0.6) is 0 Å². The van der Waals surface area contributed by atoms with Gasteiger partial charge in [-0.25, -0.2) is 14.5 Å². The minimum atomic E-state index is -0.385. The number of carbonyl (C=O) groups excluding carboxylic acids is 2. The van der Waals surface area contributed by atoms with Crippen LogP contribution in [0.25, 0.3) is 10.8 Å². The SMILES string of the molecule is CCOC(=O)c1ccc(N2CCCN(C(=O)Cc3nn(C)c(=O)c4ccccc34)CC2)nc1. The number of anilines is 1. The molecule has 0 unspecified atom stereocenters. The summed E-state index contributed by atoms with van der Waals surface area (Å²) >= 11 is 0. The number of rotatable bonds is 5. The summed E-state index contributed by atoms with van der Waals surface area (Å²) in [6.45, 7) is 4.68. The second-order valence-corrected chi connectivity index (χ2v) is 7.94. The summed E-state index contributed by atoms with van der Waals surface area (Å²) in [4.78, 5) is 45.6. The summed E-state index contributed by atoms with van der Waals surface area (Å²) in [6.07, 6.45) is 2.47. The van der Waals surface area contributed by atoms with Crippen LogP contribution in [0, 0.1) is 0 Å². The van der Waals surface area contributed by atoms with E-state index in [0.29, 0.717) is 42.9 Å². The third-order valence-electron chi connectivity index (χ3n) is 5.78. The molecule has 1 aromatic carbocycles. The Bertz CT molecular complexity index is 1220. The van der Waals surface area contributed by atoms with E-state index in [1.54, 1.807) is 26.1 Å². The standard InChI is InChI=1S/C24H27N5O4/c1-3-33-24(32)17-9-10-21(25-16-17)28-11-6-12-29(14-13-28)22(30)15-20-18-7-4-5-8-19(18)23(31)27(2)26-20/h4-5,7-10,16H,3,6,11-15H2,1-2H3. The number of hydrogen-bond donors (Lipinski definition) is 0. The molecule has 0 aliphatic carbocycles. The number of nitrogens with zero attached hydrogens (tertiary/aromatic N) is 5. The molecule has 33 heavy (non-hydrogen) atoms. The molecule has 0 saturated carbocycles. The lowest BCUT2D eigenvalue weighted by atomic mass is 10.1. The van der Waals surface area contributed by atoms with Crippen molar-refractivity contribution < 1.29 is 14.3 Å². The van der Waals surface area contributed by atoms with E-state index >= 15 is 0 Å². The van der Waals surface area contributed by atoms with Gasteiger partial charge in [0.15, 0.2) is 0 Å². The minimum Gasteiger partial charge on any atom is -0.462 e. The summed E-state index contributed by atoms with van der Waals surface area (Å²) < 4.78 is 6.29. The highest BCUT2D eigenvalue weighted by atomic mass is 16.5. The van der Waals surface area contributed by atoms with Gasteiger partial charge in [-0.2, -0.15) is 5.10 Å². The number of carbonyl (C=O) groups is 2. The first kappa shape index (κ1) is 22.4. The molecule has 9 heteroatoms. The Morgan fingerprint density at radius 3 is 2.55 bits per heavy atom. The van der Waals surface area contributed by atoms with Gasteiger partial charge in [-0.05, 0) is 31.5 Å². The Hall–Kier alpha value is -3.75. The van der Waals surface area contributed by atoms with Crippen molar-refractivity contribution in [3.63, 3.8) is 0 Å². The zero-order chi connectivity index (χ0) is 23.4. The third kappa shape index (κ3) is 4.87. The molecular formula is C24H27N5O4. The van der Waals surface area contributed by atoms with E-state index in [4.69, 9.17) is 4.74 Å². The lowest BCUT2D eigenvalue weighted by molar-refractivity contribution is -0.130. The molecule has 3 heterocycles. The smallest absolute Gasteiger partial charge is 0.339 e. The normalized spacial score (nSPS) is 14.2. The first-order valence-corrected chi connectivity index (χ1v) is 11.1. The van der Waals surface area contributed by atoms with E-state index in [9.17, 15) is 14.4 Å². The highest BCUT2D eigenvalue weighted by Crippen LogP contribution is 2.17. The van der Waals surface area contributed by atoms with Crippen molar-refractivity contribution in [2.45, 2.75) is 19.8 Å². The molecule has 0 atom stereocenters. The van der Waals surface area contributed by atoms with Crippen molar-refractivity contribution in [3.05, 3.63) is 64.2 Å². The van der Waals surface area contributed by atoms with Crippen molar-refractivity contribution >= 4 is 28.5 Å². The molecule has 1 saturated heterocycles. The van der Waals surface area contributed by atoms with E-state index in [0.717, 1.165) is 24.2 Å². The number of amides is 1. The number of ether oxygens (including phenoxy) is 1. The fraction of sp³-hybridized carbons (Fsp3) is 0.375. The van der Waals surface area contributed by atoms with Gasteiger partial charge in [-0.3, -0.25) is 9.59 Å². The van der Waals surface area contributed by atoms with Gasteiger partial charge in [0, 0.05) is 44.8 Å². The Balaban J connectivity index is 1.44. The fourth-order valence-electron chi connectivity index (χ4n) is 4.07. The average molecular weight is 450 g/mol. The molecule has 4 rings (SSSR count). The Kier molecular flexibility index (Phi) is 6.67. The van der Waals surface area contributed by atoms with E-state index in [1.165, 1.54) is 10.9 Å². The number of benzene rings is 1. The number of aryl methyl sites for hydroxylation is 1. The molecule has 172 valence electrons. The van der Waals surface area contributed by atoms with Crippen LogP contribution in [0.3, 0.4) is 0 Å². The van der Waals surface area contributed by atoms with Crippen LogP contribution in [0.2, 0.25) is 0 Å². The second kappa shape index (κ2) is 9.81. The summed E-state index contributed by atoms with van der Waals surface area (Å²) in [6, 6.07) is 10.8. The predicted molar refractivity (Wildman–Crippen MR) is 124 cm³/mol. The molecule has 1 fully saturated rings. The number of esters is 1. The largest absolute Gasteiger partial charge is 0.462 e. The van der Waals surface area contributed by atoms with Crippen LogP contribution in [0.1, 0.15) is 29.4 Å². The summed E-state index contributed by atoms with van der Waals surface area (Å²) in [7, 11) is 1.60. The number of pyridine rings is 1. The van der Waals surface area contributed by atoms with Crippen molar-refractivity contribution in [3.8, 4) is 0 Å². The topological polar surface area (TPSA) is 97.6 Å². The maximum atomic E-state index is 13.1. The van der Waals surface area contributed by atoms with Gasteiger partial charge in [-0.1, -0.05) is 18.2 Å². The lowest BCUT2D eigenvalue weighted by Crippen LogP contribution is -2.37. The zero-order valence-electron chi connectivity index (χ0n) is 18.9. The number of fused-ring (bicyclic) bond motifs is 1. The summed E-state index contributed by atoms with van der Waals surface area (Å²) in [5.74, 6) is 0.366. The Morgan fingerprint density at radius 1 is 1.03 bits per heavy atom. The van der Waals surface area contributed by atoms with Crippen LogP contribution in [0.4, 0.5) is 5.82 Å². The molecule has 0 bridgehead atoms. The predicted octanol–water partition coefficient (Wildman–Crippen LogP) is 1.79. The van der Waals surface area contributed by atoms with Gasteiger partial charge in [0.2, 0.25) is 5.91 Å². The molecule has 9 nitrogen and oxygen atoms in total. The van der Waals surface area contributed by atoms with Crippen molar-refractivity contribution in [1.29, 1.82) is 0 Å². The van der Waals surface area contributed by atoms with Gasteiger partial charge in [-0.15, -0.1) is 0 Å².